The molecule has 1 aliphatic rings. The molecule has 182 valence electrons. The van der Waals surface area contributed by atoms with Crippen molar-refractivity contribution in [2.24, 2.45) is 0 Å². The van der Waals surface area contributed by atoms with Gasteiger partial charge in [-0.25, -0.2) is 9.67 Å². The number of benzene rings is 1. The minimum atomic E-state index is -0.684. The van der Waals surface area contributed by atoms with Crippen LogP contribution in [0.2, 0.25) is 0 Å². The van der Waals surface area contributed by atoms with Crippen molar-refractivity contribution in [3.05, 3.63) is 42.5 Å². The lowest BCUT2D eigenvalue weighted by Crippen LogP contribution is -2.53. The Morgan fingerprint density at radius 3 is 2.65 bits per heavy atom. The van der Waals surface area contributed by atoms with Crippen molar-refractivity contribution in [2.45, 2.75) is 64.8 Å². The van der Waals surface area contributed by atoms with E-state index in [4.69, 9.17) is 4.74 Å². The molecule has 0 bridgehead atoms. The van der Waals surface area contributed by atoms with E-state index in [0.29, 0.717) is 19.8 Å². The number of hydrogen-bond acceptors (Lipinski definition) is 6. The van der Waals surface area contributed by atoms with Crippen LogP contribution in [0.3, 0.4) is 0 Å². The van der Waals surface area contributed by atoms with E-state index in [9.17, 15) is 9.59 Å². The van der Waals surface area contributed by atoms with E-state index in [1.54, 1.807) is 0 Å². The highest BCUT2D eigenvalue weighted by atomic mass is 16.5. The molecule has 10 heteroatoms. The van der Waals surface area contributed by atoms with Gasteiger partial charge < -0.3 is 19.5 Å². The van der Waals surface area contributed by atoms with E-state index in [2.05, 4.69) is 25.2 Å². The Hall–Kier alpha value is -3.27. The van der Waals surface area contributed by atoms with Crippen LogP contribution < -0.4 is 5.32 Å². The summed E-state index contributed by atoms with van der Waals surface area (Å²) in [6.45, 7) is 9.10. The third kappa shape index (κ3) is 5.61. The number of fused-ring (bicyclic) bond motifs is 1. The average molecular weight is 468 g/mol. The molecule has 4 rings (SSSR count). The monoisotopic (exact) mass is 467 g/mol. The number of hydrogen-bond donors (Lipinski definition) is 1. The Balaban J connectivity index is 1.39. The molecule has 1 N–H and O–H groups in total. The number of nitrogens with one attached hydrogen (secondary N) is 1. The zero-order valence-electron chi connectivity index (χ0n) is 20.3. The number of nitrogens with zero attached hydrogens (tertiary/aromatic N) is 6. The first-order chi connectivity index (χ1) is 16.2. The van der Waals surface area contributed by atoms with E-state index in [-0.39, 0.29) is 24.3 Å². The lowest BCUT2D eigenvalue weighted by molar-refractivity contribution is -0.140. The van der Waals surface area contributed by atoms with Gasteiger partial charge in [-0.05, 0) is 45.7 Å². The molecule has 1 aliphatic heterocycles. The molecule has 2 amide bonds. The molecule has 10 nitrogen and oxygen atoms in total. The summed E-state index contributed by atoms with van der Waals surface area (Å²) in [5.41, 5.74) is 1.44. The Labute approximate surface area is 199 Å². The number of likely N-dealkylation sites (tertiary alicyclic amines) is 1. The Morgan fingerprint density at radius 1 is 1.21 bits per heavy atom. The Kier molecular flexibility index (Phi) is 6.97. The largest absolute Gasteiger partial charge is 0.373 e. The first-order valence-electron chi connectivity index (χ1n) is 11.7. The summed E-state index contributed by atoms with van der Waals surface area (Å²) in [6.07, 6.45) is 5.37. The highest BCUT2D eigenvalue weighted by Gasteiger charge is 2.31. The third-order valence-electron chi connectivity index (χ3n) is 5.98. The van der Waals surface area contributed by atoms with Crippen LogP contribution in [0.1, 0.15) is 52.3 Å². The highest BCUT2D eigenvalue weighted by molar-refractivity contribution is 5.87. The molecule has 1 aromatic carbocycles. The molecule has 2 aromatic heterocycles. The minimum Gasteiger partial charge on any atom is -0.373 e. The smallest absolute Gasteiger partial charge is 0.247 e. The van der Waals surface area contributed by atoms with Gasteiger partial charge in [-0.3, -0.25) is 9.59 Å². The molecule has 0 spiro atoms. The molecule has 1 unspecified atom stereocenters. The molecular weight excluding hydrogens is 434 g/mol. The predicted molar refractivity (Wildman–Crippen MR) is 127 cm³/mol. The van der Waals surface area contributed by atoms with Gasteiger partial charge in [0.2, 0.25) is 11.8 Å². The third-order valence-corrected chi connectivity index (χ3v) is 5.98. The number of aromatic nitrogens is 5. The first-order valence-corrected chi connectivity index (χ1v) is 11.7. The van der Waals surface area contributed by atoms with Gasteiger partial charge in [0.25, 0.3) is 0 Å². The van der Waals surface area contributed by atoms with Crippen LogP contribution in [0.25, 0.3) is 11.0 Å². The van der Waals surface area contributed by atoms with Gasteiger partial charge in [0.1, 0.15) is 24.1 Å². The van der Waals surface area contributed by atoms with Crippen molar-refractivity contribution in [3.63, 3.8) is 0 Å². The summed E-state index contributed by atoms with van der Waals surface area (Å²) in [7, 11) is 0. The number of piperidine rings is 1. The maximum Gasteiger partial charge on any atom is 0.247 e. The Bertz CT molecular complexity index is 1140. The van der Waals surface area contributed by atoms with E-state index in [0.717, 1.165) is 29.7 Å². The average Bonchev–Trinajstić information content (AvgIpc) is 3.43. The molecule has 34 heavy (non-hydrogen) atoms. The van der Waals surface area contributed by atoms with Crippen LogP contribution in [-0.2, 0) is 21.0 Å². The molecule has 0 saturated carbocycles. The minimum absolute atomic E-state index is 0.102. The van der Waals surface area contributed by atoms with Gasteiger partial charge in [-0.2, -0.15) is 0 Å². The zero-order chi connectivity index (χ0) is 24.3. The van der Waals surface area contributed by atoms with Crippen molar-refractivity contribution in [2.75, 3.05) is 19.7 Å². The SMILES string of the molecule is CC(=O)NC(COC(C)(C)C)C(=O)N1CCC(c2nccn2Cn2nnc3ccccc32)CC1. The molecular formula is C24H33N7O3. The van der Waals surface area contributed by atoms with Gasteiger partial charge in [-0.15, -0.1) is 5.10 Å². The van der Waals surface area contributed by atoms with Gasteiger partial charge >= 0.3 is 0 Å². The molecule has 0 aliphatic carbocycles. The van der Waals surface area contributed by atoms with Crippen molar-refractivity contribution >= 4 is 22.8 Å². The lowest BCUT2D eigenvalue weighted by Gasteiger charge is -2.35. The van der Waals surface area contributed by atoms with Crippen LogP contribution in [-0.4, -0.2) is 72.6 Å². The first kappa shape index (κ1) is 23.9. The van der Waals surface area contributed by atoms with Gasteiger partial charge in [0.15, 0.2) is 0 Å². The van der Waals surface area contributed by atoms with E-state index < -0.39 is 11.6 Å². The molecule has 1 fully saturated rings. The number of carbonyl (C=O) groups excluding carboxylic acids is 2. The second-order valence-electron chi connectivity index (χ2n) is 9.75. The number of imidazole rings is 1. The number of para-hydroxylation sites is 1. The highest BCUT2D eigenvalue weighted by Crippen LogP contribution is 2.27. The van der Waals surface area contributed by atoms with Gasteiger partial charge in [0, 0.05) is 38.3 Å². The fourth-order valence-corrected chi connectivity index (χ4v) is 4.30. The normalized spacial score (nSPS) is 16.1. The maximum absolute atomic E-state index is 13.1. The quantitative estimate of drug-likeness (QED) is 0.571. The van der Waals surface area contributed by atoms with E-state index >= 15 is 0 Å². The van der Waals surface area contributed by atoms with Crippen LogP contribution in [0.4, 0.5) is 0 Å². The van der Waals surface area contributed by atoms with Crippen molar-refractivity contribution in [3.8, 4) is 0 Å². The molecule has 3 aromatic rings. The van der Waals surface area contributed by atoms with Crippen LogP contribution in [0, 0.1) is 0 Å². The Morgan fingerprint density at radius 2 is 1.94 bits per heavy atom. The van der Waals surface area contributed by atoms with Crippen LogP contribution >= 0.6 is 0 Å². The number of carbonyl (C=O) groups is 2. The molecule has 0 radical (unpaired) electrons. The van der Waals surface area contributed by atoms with Crippen LogP contribution in [0.5, 0.6) is 0 Å². The topological polar surface area (TPSA) is 107 Å². The van der Waals surface area contributed by atoms with Crippen molar-refractivity contribution < 1.29 is 14.3 Å². The fraction of sp³-hybridized carbons (Fsp3) is 0.542. The number of rotatable bonds is 7. The van der Waals surface area contributed by atoms with Crippen LogP contribution in [0.15, 0.2) is 36.7 Å². The second-order valence-corrected chi connectivity index (χ2v) is 9.75. The predicted octanol–water partition coefficient (Wildman–Crippen LogP) is 2.16. The summed E-state index contributed by atoms with van der Waals surface area (Å²) in [4.78, 5) is 31.2. The summed E-state index contributed by atoms with van der Waals surface area (Å²) in [6, 6.07) is 7.19. The van der Waals surface area contributed by atoms with Crippen molar-refractivity contribution in [1.82, 2.24) is 34.8 Å². The lowest BCUT2D eigenvalue weighted by atomic mass is 9.95. The molecule has 1 atom stereocenters. The van der Waals surface area contributed by atoms with E-state index in [1.165, 1.54) is 6.92 Å². The number of amides is 2. The second kappa shape index (κ2) is 9.92. The summed E-state index contributed by atoms with van der Waals surface area (Å²) >= 11 is 0. The molecule has 3 heterocycles. The summed E-state index contributed by atoms with van der Waals surface area (Å²) < 4.78 is 9.76. The summed E-state index contributed by atoms with van der Waals surface area (Å²) in [5.74, 6) is 0.878. The fourth-order valence-electron chi connectivity index (χ4n) is 4.30. The maximum atomic E-state index is 13.1. The standard InChI is InChI=1S/C24H33N7O3/c1-17(32)26-20(15-34-24(2,3)4)23(33)29-12-9-18(10-13-29)22-25-11-14-30(22)16-31-21-8-6-5-7-19(21)27-28-31/h5-8,11,14,18,20H,9-10,12-13,15-16H2,1-4H3,(H,26,32). The van der Waals surface area contributed by atoms with Gasteiger partial charge in [-0.1, -0.05) is 17.3 Å². The summed E-state index contributed by atoms with van der Waals surface area (Å²) in [5, 5.41) is 11.3. The molecule has 1 saturated heterocycles. The van der Waals surface area contributed by atoms with E-state index in [1.807, 2.05) is 67.0 Å². The van der Waals surface area contributed by atoms with Gasteiger partial charge in [0.05, 0.1) is 17.7 Å². The zero-order valence-corrected chi connectivity index (χ0v) is 20.3. The van der Waals surface area contributed by atoms with Crippen molar-refractivity contribution in [1.29, 1.82) is 0 Å². The number of ether oxygens (including phenoxy) is 1.